The van der Waals surface area contributed by atoms with Gasteiger partial charge >= 0.3 is 0 Å². The number of rotatable bonds is 12. The Labute approximate surface area is 126 Å². The average Bonchev–Trinajstić information content (AvgIpc) is 2.49. The minimum absolute atomic E-state index is 1.22. The summed E-state index contributed by atoms with van der Waals surface area (Å²) in [5.74, 6) is 0. The Morgan fingerprint density at radius 3 is 1.95 bits per heavy atom. The minimum atomic E-state index is 1.22. The molecular weight excluding hydrogens is 240 g/mol. The van der Waals surface area contributed by atoms with E-state index in [1.807, 2.05) is 12.1 Å². The van der Waals surface area contributed by atoms with Crippen molar-refractivity contribution in [2.45, 2.75) is 77.6 Å². The lowest BCUT2D eigenvalue weighted by Crippen LogP contribution is -1.81. The summed E-state index contributed by atoms with van der Waals surface area (Å²) in [6, 6.07) is 11.2. The van der Waals surface area contributed by atoms with Crippen LogP contribution in [0.4, 0.5) is 0 Å². The van der Waals surface area contributed by atoms with Crippen LogP contribution in [0.15, 0.2) is 30.3 Å². The maximum absolute atomic E-state index is 3.05. The summed E-state index contributed by atoms with van der Waals surface area (Å²) >= 11 is 0. The SMILES string of the molecule is CCCCCCCCCCCCC=Cc1cc[c]cc1. The smallest absolute Gasteiger partial charge is 0.0184 e. The molecule has 0 saturated heterocycles. The van der Waals surface area contributed by atoms with Crippen molar-refractivity contribution in [3.8, 4) is 0 Å². The molecule has 0 aliphatic carbocycles. The zero-order valence-corrected chi connectivity index (χ0v) is 13.2. The van der Waals surface area contributed by atoms with Crippen molar-refractivity contribution >= 4 is 6.08 Å². The van der Waals surface area contributed by atoms with Crippen molar-refractivity contribution in [3.63, 3.8) is 0 Å². The Kier molecular flexibility index (Phi) is 11.0. The van der Waals surface area contributed by atoms with Gasteiger partial charge in [0.25, 0.3) is 0 Å². The minimum Gasteiger partial charge on any atom is -0.0839 e. The second kappa shape index (κ2) is 13.0. The fourth-order valence-electron chi connectivity index (χ4n) is 2.48. The summed E-state index contributed by atoms with van der Waals surface area (Å²) in [5, 5.41) is 0. The summed E-state index contributed by atoms with van der Waals surface area (Å²) in [5.41, 5.74) is 1.29. The third-order valence-electron chi connectivity index (χ3n) is 3.78. The molecule has 0 fully saturated rings. The van der Waals surface area contributed by atoms with Gasteiger partial charge in [-0.3, -0.25) is 0 Å². The van der Waals surface area contributed by atoms with Crippen molar-refractivity contribution in [1.82, 2.24) is 0 Å². The first kappa shape index (κ1) is 17.0. The maximum atomic E-state index is 3.05. The Morgan fingerprint density at radius 1 is 0.800 bits per heavy atom. The summed E-state index contributed by atoms with van der Waals surface area (Å²) < 4.78 is 0. The molecule has 20 heavy (non-hydrogen) atoms. The van der Waals surface area contributed by atoms with Crippen molar-refractivity contribution < 1.29 is 0 Å². The van der Waals surface area contributed by atoms with E-state index in [1.54, 1.807) is 0 Å². The first-order chi connectivity index (χ1) is 9.93. The highest BCUT2D eigenvalue weighted by molar-refractivity contribution is 5.48. The number of unbranched alkanes of at least 4 members (excludes halogenated alkanes) is 10. The van der Waals surface area contributed by atoms with Crippen LogP contribution in [0.5, 0.6) is 0 Å². The fourth-order valence-corrected chi connectivity index (χ4v) is 2.48. The van der Waals surface area contributed by atoms with Gasteiger partial charge in [0.15, 0.2) is 0 Å². The van der Waals surface area contributed by atoms with Gasteiger partial charge in [0.2, 0.25) is 0 Å². The average molecular weight is 271 g/mol. The van der Waals surface area contributed by atoms with E-state index >= 15 is 0 Å². The van der Waals surface area contributed by atoms with Gasteiger partial charge in [-0.1, -0.05) is 101 Å². The van der Waals surface area contributed by atoms with Crippen LogP contribution in [-0.4, -0.2) is 0 Å². The predicted molar refractivity (Wildman–Crippen MR) is 90.8 cm³/mol. The largest absolute Gasteiger partial charge is 0.0839 e. The van der Waals surface area contributed by atoms with E-state index in [-0.39, 0.29) is 0 Å². The van der Waals surface area contributed by atoms with Gasteiger partial charge in [0, 0.05) is 0 Å². The standard InChI is InChI=1S/C20H31/c1-2-3-4-5-6-7-8-9-10-11-12-14-17-20-18-15-13-16-19-20/h14-19H,2-12H2,1H3. The molecule has 0 N–H and O–H groups in total. The highest BCUT2D eigenvalue weighted by Crippen LogP contribution is 2.11. The summed E-state index contributed by atoms with van der Waals surface area (Å²) in [6.07, 6.45) is 19.9. The van der Waals surface area contributed by atoms with Gasteiger partial charge in [0.1, 0.15) is 0 Å². The van der Waals surface area contributed by atoms with Crippen LogP contribution in [0, 0.1) is 6.07 Å². The molecule has 0 aliphatic heterocycles. The first-order valence-electron chi connectivity index (χ1n) is 8.56. The van der Waals surface area contributed by atoms with E-state index in [9.17, 15) is 0 Å². The van der Waals surface area contributed by atoms with Gasteiger partial charge in [-0.2, -0.15) is 0 Å². The Bertz CT molecular complexity index is 323. The predicted octanol–water partition coefficient (Wildman–Crippen LogP) is 6.81. The van der Waals surface area contributed by atoms with Gasteiger partial charge < -0.3 is 0 Å². The van der Waals surface area contributed by atoms with E-state index < -0.39 is 0 Å². The number of hydrogen-bond donors (Lipinski definition) is 0. The van der Waals surface area contributed by atoms with E-state index in [2.05, 4.69) is 37.3 Å². The van der Waals surface area contributed by atoms with Gasteiger partial charge in [-0.25, -0.2) is 0 Å². The monoisotopic (exact) mass is 271 g/mol. The highest BCUT2D eigenvalue weighted by atomic mass is 14.0. The van der Waals surface area contributed by atoms with Crippen LogP contribution >= 0.6 is 0 Å². The van der Waals surface area contributed by atoms with E-state index in [0.717, 1.165) is 0 Å². The topological polar surface area (TPSA) is 0 Å². The Hall–Kier alpha value is -1.04. The molecule has 1 aromatic carbocycles. The molecule has 1 radical (unpaired) electrons. The highest BCUT2D eigenvalue weighted by Gasteiger charge is 1.92. The summed E-state index contributed by atoms with van der Waals surface area (Å²) in [6.45, 7) is 2.28. The van der Waals surface area contributed by atoms with Crippen LogP contribution in [0.2, 0.25) is 0 Å². The molecule has 111 valence electrons. The van der Waals surface area contributed by atoms with Gasteiger partial charge in [-0.15, -0.1) is 0 Å². The number of allylic oxidation sites excluding steroid dienone is 1. The molecule has 0 saturated carbocycles. The lowest BCUT2D eigenvalue weighted by Gasteiger charge is -2.01. The normalized spacial score (nSPS) is 11.2. The van der Waals surface area contributed by atoms with Gasteiger partial charge in [0.05, 0.1) is 0 Å². The fraction of sp³-hybridized carbons (Fsp3) is 0.600. The van der Waals surface area contributed by atoms with Crippen molar-refractivity contribution in [2.75, 3.05) is 0 Å². The lowest BCUT2D eigenvalue weighted by atomic mass is 10.1. The lowest BCUT2D eigenvalue weighted by molar-refractivity contribution is 0.558. The van der Waals surface area contributed by atoms with Crippen LogP contribution in [0.3, 0.4) is 0 Å². The Balaban J connectivity index is 1.84. The molecule has 0 atom stereocenters. The van der Waals surface area contributed by atoms with E-state index in [1.165, 1.54) is 76.2 Å². The molecule has 0 nitrogen and oxygen atoms in total. The summed E-state index contributed by atoms with van der Waals surface area (Å²) in [7, 11) is 0. The first-order valence-corrected chi connectivity index (χ1v) is 8.56. The summed E-state index contributed by atoms with van der Waals surface area (Å²) in [4.78, 5) is 0. The zero-order chi connectivity index (χ0) is 14.3. The number of benzene rings is 1. The van der Waals surface area contributed by atoms with Crippen LogP contribution in [-0.2, 0) is 0 Å². The molecule has 0 bridgehead atoms. The molecule has 1 rings (SSSR count). The molecule has 0 spiro atoms. The second-order valence-electron chi connectivity index (χ2n) is 5.71. The molecule has 0 heteroatoms. The van der Waals surface area contributed by atoms with Crippen LogP contribution < -0.4 is 0 Å². The third-order valence-corrected chi connectivity index (χ3v) is 3.78. The molecule has 0 unspecified atom stereocenters. The van der Waals surface area contributed by atoms with Crippen LogP contribution in [0.1, 0.15) is 83.1 Å². The molecule has 0 heterocycles. The van der Waals surface area contributed by atoms with Crippen LogP contribution in [0.25, 0.3) is 6.08 Å². The molecule has 0 amide bonds. The quantitative estimate of drug-likeness (QED) is 0.366. The zero-order valence-electron chi connectivity index (χ0n) is 13.2. The van der Waals surface area contributed by atoms with Crippen molar-refractivity contribution in [1.29, 1.82) is 0 Å². The molecular formula is C20H31. The molecule has 0 aromatic heterocycles. The van der Waals surface area contributed by atoms with Crippen molar-refractivity contribution in [2.24, 2.45) is 0 Å². The Morgan fingerprint density at radius 2 is 1.35 bits per heavy atom. The number of hydrogen-bond acceptors (Lipinski definition) is 0. The third kappa shape index (κ3) is 9.83. The van der Waals surface area contributed by atoms with E-state index in [4.69, 9.17) is 0 Å². The van der Waals surface area contributed by atoms with Gasteiger partial charge in [-0.05, 0) is 24.5 Å². The second-order valence-corrected chi connectivity index (χ2v) is 5.71. The van der Waals surface area contributed by atoms with E-state index in [0.29, 0.717) is 0 Å². The molecule has 0 aliphatic rings. The molecule has 1 aromatic rings. The van der Waals surface area contributed by atoms with Crippen molar-refractivity contribution in [3.05, 3.63) is 42.0 Å². The maximum Gasteiger partial charge on any atom is -0.0184 e.